The lowest BCUT2D eigenvalue weighted by Crippen LogP contribution is -2.33. The van der Waals surface area contributed by atoms with E-state index in [1.165, 1.54) is 12.8 Å². The average Bonchev–Trinajstić information content (AvgIpc) is 2.26. The van der Waals surface area contributed by atoms with Crippen LogP contribution in [0.15, 0.2) is 0 Å². The molecule has 0 amide bonds. The third-order valence-electron chi connectivity index (χ3n) is 2.67. The van der Waals surface area contributed by atoms with E-state index in [2.05, 4.69) is 37.4 Å². The van der Waals surface area contributed by atoms with E-state index in [0.29, 0.717) is 5.92 Å². The molecule has 0 aliphatic rings. The molecule has 0 heterocycles. The second kappa shape index (κ2) is 9.06. The Morgan fingerprint density at radius 2 is 2.00 bits per heavy atom. The van der Waals surface area contributed by atoms with Crippen LogP contribution in [0.5, 0.6) is 0 Å². The zero-order valence-electron chi connectivity index (χ0n) is 10.2. The van der Waals surface area contributed by atoms with Gasteiger partial charge in [-0.2, -0.15) is 17.9 Å². The molecule has 0 aromatic heterocycles. The molecule has 0 aliphatic carbocycles. The Kier molecular flexibility index (Phi) is 8.94. The van der Waals surface area contributed by atoms with E-state index in [-0.39, 0.29) is 5.92 Å². The van der Waals surface area contributed by atoms with Crippen molar-refractivity contribution >= 4 is 12.6 Å². The fraction of sp³-hybridized carbons (Fsp3) is 0.917. The number of rotatable bonds is 8. The third-order valence-corrected chi connectivity index (χ3v) is 3.19. The molecule has 0 bridgehead atoms. The van der Waals surface area contributed by atoms with E-state index in [1.54, 1.807) is 0 Å². The molecule has 15 heavy (non-hydrogen) atoms. The fourth-order valence-electron chi connectivity index (χ4n) is 1.77. The van der Waals surface area contributed by atoms with Gasteiger partial charge in [-0.25, -0.2) is 0 Å². The molecule has 0 spiro atoms. The minimum absolute atomic E-state index is 0.132. The minimum atomic E-state index is 0.132. The van der Waals surface area contributed by atoms with Crippen LogP contribution in [0.25, 0.3) is 0 Å². The molecule has 0 aliphatic heterocycles. The lowest BCUT2D eigenvalue weighted by Gasteiger charge is -2.26. The van der Waals surface area contributed by atoms with Gasteiger partial charge in [0.25, 0.3) is 0 Å². The van der Waals surface area contributed by atoms with Gasteiger partial charge in [-0.15, -0.1) is 0 Å². The quantitative estimate of drug-likeness (QED) is 0.647. The van der Waals surface area contributed by atoms with Crippen molar-refractivity contribution in [2.24, 2.45) is 11.8 Å². The maximum absolute atomic E-state index is 8.78. The number of thiol groups is 1. The molecule has 0 fully saturated rings. The maximum atomic E-state index is 8.78. The van der Waals surface area contributed by atoms with Gasteiger partial charge in [0, 0.05) is 13.1 Å². The first-order valence-electron chi connectivity index (χ1n) is 5.90. The molecule has 0 saturated heterocycles. The van der Waals surface area contributed by atoms with Gasteiger partial charge in [0.2, 0.25) is 0 Å². The van der Waals surface area contributed by atoms with E-state index < -0.39 is 0 Å². The molecule has 2 nitrogen and oxygen atoms in total. The van der Waals surface area contributed by atoms with Gasteiger partial charge in [0.15, 0.2) is 0 Å². The van der Waals surface area contributed by atoms with E-state index in [0.717, 1.165) is 25.4 Å². The summed E-state index contributed by atoms with van der Waals surface area (Å²) in [6.45, 7) is 9.36. The highest BCUT2D eigenvalue weighted by atomic mass is 32.1. The lowest BCUT2D eigenvalue weighted by molar-refractivity contribution is 0.229. The van der Waals surface area contributed by atoms with Crippen LogP contribution in [0.4, 0.5) is 0 Å². The molecular weight excluding hydrogens is 204 g/mol. The number of hydrogen-bond acceptors (Lipinski definition) is 3. The Labute approximate surface area is 100 Å². The van der Waals surface area contributed by atoms with Gasteiger partial charge in [-0.3, -0.25) is 0 Å². The average molecular weight is 228 g/mol. The minimum Gasteiger partial charge on any atom is -0.302 e. The first kappa shape index (κ1) is 14.8. The van der Waals surface area contributed by atoms with Crippen LogP contribution >= 0.6 is 12.6 Å². The molecule has 0 rings (SSSR count). The molecule has 3 heteroatoms. The Hall–Kier alpha value is -0.200. The second-order valence-electron chi connectivity index (χ2n) is 4.22. The first-order valence-corrected chi connectivity index (χ1v) is 6.53. The number of nitriles is 1. The van der Waals surface area contributed by atoms with E-state index in [1.807, 2.05) is 6.92 Å². The standard InChI is InChI=1S/C12H24N2S/c1-4-6-12(10-15)9-14(5-2)8-11(3)7-13/h11-12,15H,4-6,8-10H2,1-3H3. The molecule has 0 aromatic rings. The monoisotopic (exact) mass is 228 g/mol. The number of nitrogens with zero attached hydrogens (tertiary/aromatic N) is 2. The van der Waals surface area contributed by atoms with Gasteiger partial charge < -0.3 is 4.90 Å². The summed E-state index contributed by atoms with van der Waals surface area (Å²) in [6.07, 6.45) is 2.46. The normalized spacial score (nSPS) is 14.9. The Balaban J connectivity index is 4.01. The van der Waals surface area contributed by atoms with E-state index in [4.69, 9.17) is 5.26 Å². The smallest absolute Gasteiger partial charge is 0.0666 e. The summed E-state index contributed by atoms with van der Waals surface area (Å²) in [5, 5.41) is 8.78. The van der Waals surface area contributed by atoms with Crippen LogP contribution in [0.3, 0.4) is 0 Å². The summed E-state index contributed by atoms with van der Waals surface area (Å²) in [4.78, 5) is 2.37. The van der Waals surface area contributed by atoms with Gasteiger partial charge in [0.1, 0.15) is 0 Å². The first-order chi connectivity index (χ1) is 7.17. The van der Waals surface area contributed by atoms with Crippen LogP contribution in [0.2, 0.25) is 0 Å². The zero-order chi connectivity index (χ0) is 11.7. The summed E-state index contributed by atoms with van der Waals surface area (Å²) in [6, 6.07) is 2.29. The molecule has 2 unspecified atom stereocenters. The highest BCUT2D eigenvalue weighted by Crippen LogP contribution is 2.11. The van der Waals surface area contributed by atoms with Crippen molar-refractivity contribution in [3.05, 3.63) is 0 Å². The predicted octanol–water partition coefficient (Wildman–Crippen LogP) is 2.81. The van der Waals surface area contributed by atoms with Crippen molar-refractivity contribution in [1.82, 2.24) is 4.90 Å². The van der Waals surface area contributed by atoms with Crippen LogP contribution in [-0.2, 0) is 0 Å². The Bertz CT molecular complexity index is 189. The van der Waals surface area contributed by atoms with Crippen molar-refractivity contribution in [3.63, 3.8) is 0 Å². The van der Waals surface area contributed by atoms with Crippen molar-refractivity contribution < 1.29 is 0 Å². The molecule has 0 N–H and O–H groups in total. The molecule has 0 aromatic carbocycles. The van der Waals surface area contributed by atoms with Crippen molar-refractivity contribution in [2.75, 3.05) is 25.4 Å². The molecule has 0 saturated carbocycles. The highest BCUT2D eigenvalue weighted by Gasteiger charge is 2.13. The molecule has 88 valence electrons. The van der Waals surface area contributed by atoms with Crippen LogP contribution in [0.1, 0.15) is 33.6 Å². The third kappa shape index (κ3) is 6.81. The van der Waals surface area contributed by atoms with Crippen LogP contribution in [-0.4, -0.2) is 30.3 Å². The van der Waals surface area contributed by atoms with E-state index in [9.17, 15) is 0 Å². The SMILES string of the molecule is CCCC(CS)CN(CC)CC(C)C#N. The summed E-state index contributed by atoms with van der Waals surface area (Å²) in [5.74, 6) is 1.75. The molecule has 2 atom stereocenters. The molecular formula is C12H24N2S. The summed E-state index contributed by atoms with van der Waals surface area (Å²) >= 11 is 4.38. The maximum Gasteiger partial charge on any atom is 0.0666 e. The van der Waals surface area contributed by atoms with Crippen molar-refractivity contribution in [3.8, 4) is 6.07 Å². The Morgan fingerprint density at radius 1 is 1.33 bits per heavy atom. The van der Waals surface area contributed by atoms with Crippen LogP contribution in [0, 0.1) is 23.2 Å². The summed E-state index contributed by atoms with van der Waals surface area (Å²) in [5.41, 5.74) is 0. The van der Waals surface area contributed by atoms with Gasteiger partial charge in [-0.1, -0.05) is 20.3 Å². The lowest BCUT2D eigenvalue weighted by atomic mass is 10.0. The largest absolute Gasteiger partial charge is 0.302 e. The summed E-state index contributed by atoms with van der Waals surface area (Å²) < 4.78 is 0. The Morgan fingerprint density at radius 3 is 2.40 bits per heavy atom. The predicted molar refractivity (Wildman–Crippen MR) is 69.1 cm³/mol. The van der Waals surface area contributed by atoms with E-state index >= 15 is 0 Å². The summed E-state index contributed by atoms with van der Waals surface area (Å²) in [7, 11) is 0. The van der Waals surface area contributed by atoms with Gasteiger partial charge in [-0.05, 0) is 31.6 Å². The zero-order valence-corrected chi connectivity index (χ0v) is 11.1. The van der Waals surface area contributed by atoms with Crippen molar-refractivity contribution in [2.45, 2.75) is 33.6 Å². The van der Waals surface area contributed by atoms with Crippen molar-refractivity contribution in [1.29, 1.82) is 5.26 Å². The fourth-order valence-corrected chi connectivity index (χ4v) is 2.07. The van der Waals surface area contributed by atoms with Gasteiger partial charge in [0.05, 0.1) is 12.0 Å². The van der Waals surface area contributed by atoms with Crippen LogP contribution < -0.4 is 0 Å². The topological polar surface area (TPSA) is 27.0 Å². The molecule has 0 radical (unpaired) electrons. The van der Waals surface area contributed by atoms with Gasteiger partial charge >= 0.3 is 0 Å². The highest BCUT2D eigenvalue weighted by molar-refractivity contribution is 7.80. The second-order valence-corrected chi connectivity index (χ2v) is 4.58. The number of hydrogen-bond donors (Lipinski definition) is 1.